The molecule has 3 heterocycles. The molecule has 4 aromatic rings. The Labute approximate surface area is 181 Å². The van der Waals surface area contributed by atoms with Gasteiger partial charge in [0, 0.05) is 18.1 Å². The number of pyridine rings is 1. The van der Waals surface area contributed by atoms with E-state index >= 15 is 0 Å². The highest BCUT2D eigenvalue weighted by Crippen LogP contribution is 2.19. The van der Waals surface area contributed by atoms with Crippen molar-refractivity contribution < 1.29 is 0 Å². The van der Waals surface area contributed by atoms with Crippen LogP contribution in [0.4, 0.5) is 0 Å². The number of fused-ring (bicyclic) bond motifs is 1. The normalized spacial score (nSPS) is 11.9. The summed E-state index contributed by atoms with van der Waals surface area (Å²) in [5, 5.41) is 13.4. The maximum Gasteiger partial charge on any atom is 0.123 e. The minimum atomic E-state index is 0. The van der Waals surface area contributed by atoms with E-state index in [1.807, 2.05) is 41.2 Å². The van der Waals surface area contributed by atoms with Crippen molar-refractivity contribution in [2.24, 2.45) is 10.9 Å². The first kappa shape index (κ1) is 22.5. The van der Waals surface area contributed by atoms with E-state index in [0.29, 0.717) is 12.5 Å². The fraction of sp³-hybridized carbons (Fsp3) is 0.250. The van der Waals surface area contributed by atoms with E-state index in [2.05, 4.69) is 49.0 Å². The van der Waals surface area contributed by atoms with Gasteiger partial charge in [-0.25, -0.2) is 0 Å². The Balaban J connectivity index is 0.00000150. The second-order valence-electron chi connectivity index (χ2n) is 6.62. The van der Waals surface area contributed by atoms with Crippen LogP contribution < -0.4 is 0 Å². The predicted octanol–water partition coefficient (Wildman–Crippen LogP) is 4.15. The highest BCUT2D eigenvalue weighted by Gasteiger charge is 2.08. The highest BCUT2D eigenvalue weighted by molar-refractivity contribution is 5.85. The van der Waals surface area contributed by atoms with Crippen LogP contribution in [0.1, 0.15) is 19.0 Å². The van der Waals surface area contributed by atoms with E-state index in [-0.39, 0.29) is 24.8 Å². The smallest absolute Gasteiger partial charge is 0.123 e. The number of nitrogens with zero attached hydrogens (tertiary/aromatic N) is 7. The van der Waals surface area contributed by atoms with Gasteiger partial charge >= 0.3 is 0 Å². The molecule has 29 heavy (non-hydrogen) atoms. The van der Waals surface area contributed by atoms with Gasteiger partial charge in [0.2, 0.25) is 0 Å². The third-order valence-electron chi connectivity index (χ3n) is 4.45. The average molecular weight is 432 g/mol. The first-order valence-electron chi connectivity index (χ1n) is 8.98. The molecule has 0 aliphatic rings. The van der Waals surface area contributed by atoms with Crippen molar-refractivity contribution in [3.05, 3.63) is 67.1 Å². The van der Waals surface area contributed by atoms with Crippen molar-refractivity contribution in [2.45, 2.75) is 26.4 Å². The van der Waals surface area contributed by atoms with Crippen LogP contribution in [0.25, 0.3) is 16.6 Å². The zero-order valence-electron chi connectivity index (χ0n) is 16.0. The summed E-state index contributed by atoms with van der Waals surface area (Å²) in [6, 6.07) is 12.1. The lowest BCUT2D eigenvalue weighted by Crippen LogP contribution is -2.09. The van der Waals surface area contributed by atoms with E-state index in [4.69, 9.17) is 0 Å². The molecule has 7 nitrogen and oxygen atoms in total. The van der Waals surface area contributed by atoms with Gasteiger partial charge in [0.05, 0.1) is 29.6 Å². The summed E-state index contributed by atoms with van der Waals surface area (Å²) in [6.07, 6.45) is 10.00. The minimum Gasteiger partial charge on any atom is -0.291 e. The standard InChI is InChI=1S/C20H21N7.2ClH/c1-16(7-9-21-12-18-4-2-3-8-22-18)13-27-20-10-19(26-14-23-24-15-26)6-5-17(20)11-25-27;;/h2-6,8-11,14-16H,7,12-13H2,1H3;2*1H. The lowest BCUT2D eigenvalue weighted by molar-refractivity contribution is 0.475. The number of hydrogen-bond donors (Lipinski definition) is 0. The fourth-order valence-electron chi connectivity index (χ4n) is 2.97. The molecule has 1 atom stereocenters. The van der Waals surface area contributed by atoms with E-state index in [1.165, 1.54) is 0 Å². The molecule has 0 saturated carbocycles. The molecule has 0 aliphatic carbocycles. The van der Waals surface area contributed by atoms with Crippen LogP contribution in [0.2, 0.25) is 0 Å². The lowest BCUT2D eigenvalue weighted by atomic mass is 10.1. The number of hydrogen-bond acceptors (Lipinski definition) is 5. The quantitative estimate of drug-likeness (QED) is 0.411. The van der Waals surface area contributed by atoms with Gasteiger partial charge in [-0.05, 0) is 48.9 Å². The zero-order chi connectivity index (χ0) is 18.5. The number of aromatic nitrogens is 6. The Bertz CT molecular complexity index is 1030. The second-order valence-corrected chi connectivity index (χ2v) is 6.62. The summed E-state index contributed by atoms with van der Waals surface area (Å²) in [5.41, 5.74) is 3.12. The molecule has 152 valence electrons. The van der Waals surface area contributed by atoms with Gasteiger partial charge in [0.1, 0.15) is 12.7 Å². The van der Waals surface area contributed by atoms with E-state index in [0.717, 1.165) is 35.2 Å². The van der Waals surface area contributed by atoms with Gasteiger partial charge in [-0.1, -0.05) is 13.0 Å². The topological polar surface area (TPSA) is 73.8 Å². The number of aliphatic imine (C=N–C) groups is 1. The summed E-state index contributed by atoms with van der Waals surface area (Å²) >= 11 is 0. The van der Waals surface area contributed by atoms with Crippen molar-refractivity contribution in [2.75, 3.05) is 0 Å². The maximum atomic E-state index is 4.56. The largest absolute Gasteiger partial charge is 0.291 e. The first-order chi connectivity index (χ1) is 13.3. The third-order valence-corrected chi connectivity index (χ3v) is 4.45. The van der Waals surface area contributed by atoms with E-state index < -0.39 is 0 Å². The number of halogens is 2. The molecular weight excluding hydrogens is 409 g/mol. The van der Waals surface area contributed by atoms with Gasteiger partial charge in [0.15, 0.2) is 0 Å². The molecule has 0 aliphatic heterocycles. The third kappa shape index (κ3) is 5.62. The molecule has 1 unspecified atom stereocenters. The Hall–Kier alpha value is -2.77. The highest BCUT2D eigenvalue weighted by atomic mass is 35.5. The van der Waals surface area contributed by atoms with Crippen molar-refractivity contribution >= 4 is 41.9 Å². The van der Waals surface area contributed by atoms with E-state index in [9.17, 15) is 0 Å². The molecule has 0 saturated heterocycles. The molecule has 1 aromatic carbocycles. The van der Waals surface area contributed by atoms with E-state index in [1.54, 1.807) is 18.9 Å². The van der Waals surface area contributed by atoms with Crippen molar-refractivity contribution in [1.29, 1.82) is 0 Å². The second kappa shape index (κ2) is 10.7. The van der Waals surface area contributed by atoms with Crippen LogP contribution in [0.15, 0.2) is 66.4 Å². The molecule has 3 aromatic heterocycles. The number of benzene rings is 1. The van der Waals surface area contributed by atoms with Crippen molar-refractivity contribution in [1.82, 2.24) is 29.5 Å². The molecule has 0 radical (unpaired) electrons. The zero-order valence-corrected chi connectivity index (χ0v) is 17.6. The van der Waals surface area contributed by atoms with Crippen molar-refractivity contribution in [3.8, 4) is 5.69 Å². The van der Waals surface area contributed by atoms with Crippen LogP contribution in [-0.4, -0.2) is 35.7 Å². The molecule has 0 amide bonds. The fourth-order valence-corrected chi connectivity index (χ4v) is 2.97. The molecule has 0 N–H and O–H groups in total. The lowest BCUT2D eigenvalue weighted by Gasteiger charge is -2.10. The first-order valence-corrected chi connectivity index (χ1v) is 8.98. The molecule has 9 heteroatoms. The van der Waals surface area contributed by atoms with Gasteiger partial charge in [0.25, 0.3) is 0 Å². The van der Waals surface area contributed by atoms with Gasteiger partial charge in [-0.3, -0.25) is 19.2 Å². The summed E-state index contributed by atoms with van der Waals surface area (Å²) < 4.78 is 3.95. The Kier molecular flexibility index (Phi) is 8.30. The monoisotopic (exact) mass is 431 g/mol. The van der Waals surface area contributed by atoms with Crippen LogP contribution >= 0.6 is 24.8 Å². The van der Waals surface area contributed by atoms with Gasteiger partial charge < -0.3 is 0 Å². The maximum absolute atomic E-state index is 4.56. The summed E-state index contributed by atoms with van der Waals surface area (Å²) in [7, 11) is 0. The SMILES string of the molecule is CC(CC=NCc1ccccn1)Cn1ncc2ccc(-n3cnnc3)cc21.Cl.Cl. The van der Waals surface area contributed by atoms with Crippen molar-refractivity contribution in [3.63, 3.8) is 0 Å². The summed E-state index contributed by atoms with van der Waals surface area (Å²) in [4.78, 5) is 8.77. The molecule has 0 fully saturated rings. The van der Waals surface area contributed by atoms with Crippen LogP contribution in [0, 0.1) is 5.92 Å². The molecular formula is C20H23Cl2N7. The molecule has 0 spiro atoms. The Morgan fingerprint density at radius 3 is 2.69 bits per heavy atom. The van der Waals surface area contributed by atoms with Crippen LogP contribution in [-0.2, 0) is 13.1 Å². The van der Waals surface area contributed by atoms with Gasteiger partial charge in [-0.2, -0.15) is 5.10 Å². The molecule has 0 bridgehead atoms. The van der Waals surface area contributed by atoms with Crippen LogP contribution in [0.5, 0.6) is 0 Å². The van der Waals surface area contributed by atoms with Crippen LogP contribution in [0.3, 0.4) is 0 Å². The number of rotatable bonds is 7. The average Bonchev–Trinajstić information content (AvgIpc) is 3.36. The predicted molar refractivity (Wildman–Crippen MR) is 119 cm³/mol. The minimum absolute atomic E-state index is 0. The molecule has 4 rings (SSSR count). The van der Waals surface area contributed by atoms with Gasteiger partial charge in [-0.15, -0.1) is 35.0 Å². The summed E-state index contributed by atoms with van der Waals surface area (Å²) in [5.74, 6) is 0.430. The summed E-state index contributed by atoms with van der Waals surface area (Å²) in [6.45, 7) is 3.68. The Morgan fingerprint density at radius 2 is 1.93 bits per heavy atom. The Morgan fingerprint density at radius 1 is 1.10 bits per heavy atom.